The average Bonchev–Trinajstić information content (AvgIpc) is 3.50. The summed E-state index contributed by atoms with van der Waals surface area (Å²) >= 11 is 0. The van der Waals surface area contributed by atoms with Crippen LogP contribution in [-0.4, -0.2) is 26.9 Å². The Morgan fingerprint density at radius 2 is 1.97 bits per heavy atom. The number of nitrogens with zero attached hydrogens (tertiary/aromatic N) is 4. The van der Waals surface area contributed by atoms with Gasteiger partial charge in [-0.25, -0.2) is 4.39 Å². The number of ether oxygens (including phenoxy) is 1. The summed E-state index contributed by atoms with van der Waals surface area (Å²) in [5.74, 6) is 0.546. The first-order valence-corrected chi connectivity index (χ1v) is 10.3. The minimum atomic E-state index is -0.435. The van der Waals surface area contributed by atoms with Crippen LogP contribution >= 0.6 is 0 Å². The Labute approximate surface area is 174 Å². The fourth-order valence-corrected chi connectivity index (χ4v) is 4.09. The van der Waals surface area contributed by atoms with Gasteiger partial charge < -0.3 is 9.64 Å². The first kappa shape index (κ1) is 18.8. The zero-order chi connectivity index (χ0) is 20.8. The maximum atomic E-state index is 14.4. The quantitative estimate of drug-likeness (QED) is 0.641. The molecular formula is C23H23FN4O2. The molecule has 1 amide bonds. The van der Waals surface area contributed by atoms with E-state index >= 15 is 0 Å². The normalized spacial score (nSPS) is 18.2. The van der Waals surface area contributed by atoms with Crippen LogP contribution in [0.25, 0.3) is 11.3 Å². The van der Waals surface area contributed by atoms with Crippen molar-refractivity contribution in [2.75, 3.05) is 4.90 Å². The first-order valence-electron chi connectivity index (χ1n) is 10.3. The molecule has 2 aromatic carbocycles. The number of anilines is 1. The number of rotatable bonds is 4. The Morgan fingerprint density at radius 3 is 2.67 bits per heavy atom. The van der Waals surface area contributed by atoms with E-state index in [0.717, 1.165) is 42.5 Å². The molecule has 30 heavy (non-hydrogen) atoms. The van der Waals surface area contributed by atoms with Crippen molar-refractivity contribution in [1.29, 1.82) is 0 Å². The van der Waals surface area contributed by atoms with E-state index in [-0.39, 0.29) is 23.6 Å². The predicted molar refractivity (Wildman–Crippen MR) is 111 cm³/mol. The smallest absolute Gasteiger partial charge is 0.230 e. The monoisotopic (exact) mass is 406 g/mol. The number of carbonyl (C=O) groups is 1. The Morgan fingerprint density at radius 1 is 1.17 bits per heavy atom. The lowest BCUT2D eigenvalue weighted by atomic mass is 9.92. The van der Waals surface area contributed by atoms with Crippen LogP contribution in [0.15, 0.2) is 42.6 Å². The highest BCUT2D eigenvalue weighted by molar-refractivity contribution is 5.99. The molecule has 2 heterocycles. The number of hydrogen-bond acceptors (Lipinski definition) is 4. The number of halogens is 1. The Bertz CT molecular complexity index is 1120. The van der Waals surface area contributed by atoms with Gasteiger partial charge >= 0.3 is 0 Å². The second kappa shape index (κ2) is 7.23. The first-order chi connectivity index (χ1) is 14.5. The van der Waals surface area contributed by atoms with Crippen LogP contribution in [0, 0.1) is 11.7 Å². The van der Waals surface area contributed by atoms with Crippen molar-refractivity contribution in [1.82, 2.24) is 15.0 Å². The summed E-state index contributed by atoms with van der Waals surface area (Å²) in [6, 6.07) is 10.3. The van der Waals surface area contributed by atoms with E-state index in [4.69, 9.17) is 4.74 Å². The summed E-state index contributed by atoms with van der Waals surface area (Å²) in [5.41, 5.74) is 3.14. The van der Waals surface area contributed by atoms with E-state index in [1.807, 2.05) is 17.0 Å². The highest BCUT2D eigenvalue weighted by atomic mass is 19.1. The minimum Gasteiger partial charge on any atom is -0.453 e. The summed E-state index contributed by atoms with van der Waals surface area (Å²) < 4.78 is 22.2. The molecule has 3 aromatic rings. The topological polar surface area (TPSA) is 60.2 Å². The van der Waals surface area contributed by atoms with Gasteiger partial charge in [0.1, 0.15) is 11.4 Å². The molecular weight excluding hydrogens is 383 g/mol. The molecule has 1 fully saturated rings. The number of hydrogen-bond donors (Lipinski definition) is 0. The van der Waals surface area contributed by atoms with Gasteiger partial charge in [0.25, 0.3) is 0 Å². The molecule has 0 saturated heterocycles. The van der Waals surface area contributed by atoms with E-state index < -0.39 is 5.82 Å². The van der Waals surface area contributed by atoms with Gasteiger partial charge in [0.15, 0.2) is 11.6 Å². The Hall–Kier alpha value is -3.22. The fourth-order valence-electron chi connectivity index (χ4n) is 4.09. The molecule has 1 saturated carbocycles. The van der Waals surface area contributed by atoms with Crippen LogP contribution in [0.2, 0.25) is 0 Å². The molecule has 0 radical (unpaired) electrons. The number of carbonyl (C=O) groups excluding carboxylic acids is 1. The summed E-state index contributed by atoms with van der Waals surface area (Å²) in [6.07, 6.45) is 5.27. The molecule has 1 aromatic heterocycles. The summed E-state index contributed by atoms with van der Waals surface area (Å²) in [5, 5.41) is 8.26. The van der Waals surface area contributed by atoms with Crippen molar-refractivity contribution in [2.24, 2.45) is 13.0 Å². The zero-order valence-corrected chi connectivity index (χ0v) is 17.0. The molecule has 5 rings (SSSR count). The third-order valence-electron chi connectivity index (χ3n) is 5.84. The predicted octanol–water partition coefficient (Wildman–Crippen LogP) is 4.49. The maximum absolute atomic E-state index is 14.4. The largest absolute Gasteiger partial charge is 0.453 e. The Balaban J connectivity index is 1.67. The third kappa shape index (κ3) is 3.24. The van der Waals surface area contributed by atoms with Crippen LogP contribution in [0.4, 0.5) is 10.1 Å². The number of benzene rings is 2. The summed E-state index contributed by atoms with van der Waals surface area (Å²) in [4.78, 5) is 14.9. The van der Waals surface area contributed by atoms with Gasteiger partial charge in [-0.1, -0.05) is 17.3 Å². The van der Waals surface area contributed by atoms with Crippen LogP contribution in [-0.2, 0) is 18.3 Å². The molecule has 6 nitrogen and oxygen atoms in total. The lowest BCUT2D eigenvalue weighted by Gasteiger charge is -2.36. The highest BCUT2D eigenvalue weighted by Crippen LogP contribution is 2.46. The van der Waals surface area contributed by atoms with Gasteiger partial charge in [-0.05, 0) is 56.9 Å². The van der Waals surface area contributed by atoms with E-state index in [0.29, 0.717) is 11.4 Å². The number of fused-ring (bicyclic) bond motifs is 1. The lowest BCUT2D eigenvalue weighted by Crippen LogP contribution is -2.43. The molecule has 1 aliphatic carbocycles. The van der Waals surface area contributed by atoms with Crippen LogP contribution < -0.4 is 9.64 Å². The van der Waals surface area contributed by atoms with E-state index in [9.17, 15) is 9.18 Å². The minimum absolute atomic E-state index is 0.119. The fraction of sp³-hybridized carbons (Fsp3) is 0.348. The molecule has 2 aliphatic rings. The standard InChI is InChI=1S/C23H23FN4O2/c1-14-7-10-17-20(28(14)23(29)15-8-9-15)12-11-16(19-13-27(2)26-25-19)22(17)30-21-6-4-3-5-18(21)24/h3-6,11-15H,7-10H2,1-2H3. The van der Waals surface area contributed by atoms with Crippen molar-refractivity contribution in [2.45, 2.75) is 38.6 Å². The lowest BCUT2D eigenvalue weighted by molar-refractivity contribution is -0.120. The van der Waals surface area contributed by atoms with Crippen molar-refractivity contribution < 1.29 is 13.9 Å². The van der Waals surface area contributed by atoms with Crippen LogP contribution in [0.3, 0.4) is 0 Å². The van der Waals surface area contributed by atoms with Gasteiger partial charge in [0.05, 0.1) is 11.9 Å². The Kier molecular flexibility index (Phi) is 4.53. The molecule has 1 aliphatic heterocycles. The van der Waals surface area contributed by atoms with Crippen molar-refractivity contribution in [3.8, 4) is 22.8 Å². The zero-order valence-electron chi connectivity index (χ0n) is 17.0. The van der Waals surface area contributed by atoms with Crippen LogP contribution in [0.5, 0.6) is 11.5 Å². The van der Waals surface area contributed by atoms with Gasteiger partial charge in [-0.15, -0.1) is 5.10 Å². The SMILES string of the molecule is CC1CCc2c(ccc(-c3cn(C)nn3)c2Oc2ccccc2F)N1C(=O)C1CC1. The van der Waals surface area contributed by atoms with Gasteiger partial charge in [0.2, 0.25) is 5.91 Å². The third-order valence-corrected chi connectivity index (χ3v) is 5.84. The van der Waals surface area contributed by atoms with Gasteiger partial charge in [-0.2, -0.15) is 0 Å². The summed E-state index contributed by atoms with van der Waals surface area (Å²) in [7, 11) is 1.80. The van der Waals surface area contributed by atoms with Gasteiger partial charge in [0, 0.05) is 30.1 Å². The molecule has 0 spiro atoms. The molecule has 0 N–H and O–H groups in total. The van der Waals surface area contributed by atoms with E-state index in [1.165, 1.54) is 6.07 Å². The van der Waals surface area contributed by atoms with Crippen LogP contribution in [0.1, 0.15) is 31.7 Å². The molecule has 0 bridgehead atoms. The van der Waals surface area contributed by atoms with Crippen molar-refractivity contribution >= 4 is 11.6 Å². The summed E-state index contributed by atoms with van der Waals surface area (Å²) in [6.45, 7) is 2.08. The van der Waals surface area contributed by atoms with Crippen molar-refractivity contribution in [3.05, 3.63) is 54.0 Å². The average molecular weight is 406 g/mol. The number of para-hydroxylation sites is 1. The maximum Gasteiger partial charge on any atom is 0.230 e. The molecule has 1 atom stereocenters. The molecule has 154 valence electrons. The number of amides is 1. The van der Waals surface area contributed by atoms with Crippen molar-refractivity contribution in [3.63, 3.8) is 0 Å². The molecule has 1 unspecified atom stereocenters. The van der Waals surface area contributed by atoms with E-state index in [2.05, 4.69) is 17.2 Å². The number of aryl methyl sites for hydroxylation is 1. The second-order valence-corrected chi connectivity index (χ2v) is 8.12. The number of aromatic nitrogens is 3. The second-order valence-electron chi connectivity index (χ2n) is 8.12. The highest BCUT2D eigenvalue weighted by Gasteiger charge is 2.39. The molecule has 7 heteroatoms. The van der Waals surface area contributed by atoms with E-state index in [1.54, 1.807) is 36.1 Å². The van der Waals surface area contributed by atoms with Gasteiger partial charge in [-0.3, -0.25) is 9.48 Å².